The molecule has 0 bridgehead atoms. The number of hydrogen-bond donors (Lipinski definition) is 2. The second-order valence-electron chi connectivity index (χ2n) is 7.76. The van der Waals surface area contributed by atoms with Crippen LogP contribution in [0.15, 0.2) is 23.1 Å². The molecular formula is C16H22F4N2O2S. The lowest BCUT2D eigenvalue weighted by molar-refractivity contribution is -0.140. The summed E-state index contributed by atoms with van der Waals surface area (Å²) in [7, 11) is -4.20. The van der Waals surface area contributed by atoms with Crippen molar-refractivity contribution in [1.29, 1.82) is 0 Å². The summed E-state index contributed by atoms with van der Waals surface area (Å²) in [4.78, 5) is -0.602. The zero-order valence-electron chi connectivity index (χ0n) is 14.5. The Kier molecular flexibility index (Phi) is 5.00. The summed E-state index contributed by atoms with van der Waals surface area (Å²) >= 11 is 0. The maximum Gasteiger partial charge on any atom is 0.419 e. The molecule has 1 aromatic carbocycles. The van der Waals surface area contributed by atoms with Gasteiger partial charge in [-0.05, 0) is 58.7 Å². The van der Waals surface area contributed by atoms with Crippen molar-refractivity contribution in [2.24, 2.45) is 0 Å². The van der Waals surface area contributed by atoms with E-state index in [0.29, 0.717) is 25.0 Å². The minimum absolute atomic E-state index is 0.328. The van der Waals surface area contributed by atoms with Gasteiger partial charge in [-0.3, -0.25) is 0 Å². The minimum atomic E-state index is -4.96. The Balaban J connectivity index is 2.31. The van der Waals surface area contributed by atoms with Gasteiger partial charge in [0.05, 0.1) is 10.5 Å². The predicted molar refractivity (Wildman–Crippen MR) is 86.0 cm³/mol. The summed E-state index contributed by atoms with van der Waals surface area (Å²) in [6.07, 6.45) is -4.01. The third-order valence-electron chi connectivity index (χ3n) is 4.07. The van der Waals surface area contributed by atoms with Crippen LogP contribution in [0.25, 0.3) is 0 Å². The third-order valence-corrected chi connectivity index (χ3v) is 5.58. The Labute approximate surface area is 145 Å². The molecule has 1 aliphatic rings. The molecule has 0 amide bonds. The van der Waals surface area contributed by atoms with E-state index in [1.807, 2.05) is 27.7 Å². The van der Waals surface area contributed by atoms with E-state index < -0.39 is 38.5 Å². The second-order valence-corrected chi connectivity index (χ2v) is 9.47. The maximum atomic E-state index is 13.4. The first-order valence-electron chi connectivity index (χ1n) is 7.80. The van der Waals surface area contributed by atoms with Gasteiger partial charge in [0.2, 0.25) is 10.0 Å². The normalized spacial score (nSPS) is 21.3. The second kappa shape index (κ2) is 6.21. The average Bonchev–Trinajstić information content (AvgIpc) is 2.32. The van der Waals surface area contributed by atoms with E-state index >= 15 is 0 Å². The predicted octanol–water partition coefficient (Wildman–Crippen LogP) is 3.43. The van der Waals surface area contributed by atoms with Crippen molar-refractivity contribution in [2.75, 3.05) is 0 Å². The smallest absolute Gasteiger partial charge is 0.307 e. The fourth-order valence-electron chi connectivity index (χ4n) is 3.58. The highest BCUT2D eigenvalue weighted by Gasteiger charge is 2.40. The molecule has 25 heavy (non-hydrogen) atoms. The van der Waals surface area contributed by atoms with Gasteiger partial charge in [-0.25, -0.2) is 17.5 Å². The van der Waals surface area contributed by atoms with Gasteiger partial charge in [0.25, 0.3) is 0 Å². The molecule has 0 saturated carbocycles. The van der Waals surface area contributed by atoms with Crippen molar-refractivity contribution in [2.45, 2.75) is 68.7 Å². The Hall–Kier alpha value is -1.19. The highest BCUT2D eigenvalue weighted by molar-refractivity contribution is 7.89. The Morgan fingerprint density at radius 3 is 2.12 bits per heavy atom. The Morgan fingerprint density at radius 2 is 1.64 bits per heavy atom. The molecule has 1 aliphatic heterocycles. The molecule has 0 aliphatic carbocycles. The van der Waals surface area contributed by atoms with Crippen molar-refractivity contribution in [3.05, 3.63) is 29.6 Å². The molecule has 0 spiro atoms. The number of hydrogen-bond acceptors (Lipinski definition) is 3. The Morgan fingerprint density at radius 1 is 1.12 bits per heavy atom. The van der Waals surface area contributed by atoms with Crippen LogP contribution in [0.2, 0.25) is 0 Å². The summed E-state index contributed by atoms with van der Waals surface area (Å²) in [5.74, 6) is -1.50. The van der Waals surface area contributed by atoms with Gasteiger partial charge in [-0.15, -0.1) is 0 Å². The van der Waals surface area contributed by atoms with Gasteiger partial charge in [0.15, 0.2) is 0 Å². The van der Waals surface area contributed by atoms with Crippen LogP contribution in [0.1, 0.15) is 46.1 Å². The number of benzene rings is 1. The lowest BCUT2D eigenvalue weighted by Gasteiger charge is -2.46. The maximum absolute atomic E-state index is 13.4. The number of halogens is 4. The Bertz CT molecular complexity index is 742. The van der Waals surface area contributed by atoms with Crippen LogP contribution in [0.3, 0.4) is 0 Å². The molecule has 4 nitrogen and oxygen atoms in total. The molecule has 0 radical (unpaired) electrons. The van der Waals surface area contributed by atoms with Gasteiger partial charge in [-0.1, -0.05) is 0 Å². The minimum Gasteiger partial charge on any atom is -0.307 e. The highest BCUT2D eigenvalue weighted by atomic mass is 32.2. The van der Waals surface area contributed by atoms with Crippen molar-refractivity contribution in [3.8, 4) is 0 Å². The number of piperidine rings is 1. The topological polar surface area (TPSA) is 58.2 Å². The third kappa shape index (κ3) is 4.92. The number of sulfonamides is 1. The highest BCUT2D eigenvalue weighted by Crippen LogP contribution is 2.33. The van der Waals surface area contributed by atoms with E-state index in [1.165, 1.54) is 0 Å². The lowest BCUT2D eigenvalue weighted by Crippen LogP contribution is -2.62. The van der Waals surface area contributed by atoms with E-state index in [0.717, 1.165) is 6.07 Å². The van der Waals surface area contributed by atoms with Gasteiger partial charge >= 0.3 is 6.18 Å². The first-order valence-corrected chi connectivity index (χ1v) is 9.28. The van der Waals surface area contributed by atoms with Crippen molar-refractivity contribution >= 4 is 10.0 Å². The summed E-state index contributed by atoms with van der Waals surface area (Å²) in [6, 6.07) is 1.24. The SMILES string of the molecule is CC1(C)CC(NS(=O)(=O)c2ccc(F)c(C(F)(F)F)c2)CC(C)(C)N1. The quantitative estimate of drug-likeness (QED) is 0.788. The number of nitrogens with one attached hydrogen (secondary N) is 2. The van der Waals surface area contributed by atoms with Crippen LogP contribution >= 0.6 is 0 Å². The molecule has 1 saturated heterocycles. The molecule has 9 heteroatoms. The van der Waals surface area contributed by atoms with Crippen LogP contribution in [-0.2, 0) is 16.2 Å². The van der Waals surface area contributed by atoms with Gasteiger partial charge in [0, 0.05) is 17.1 Å². The van der Waals surface area contributed by atoms with E-state index in [9.17, 15) is 26.0 Å². The molecule has 2 rings (SSSR count). The van der Waals surface area contributed by atoms with Crippen LogP contribution in [0, 0.1) is 5.82 Å². The summed E-state index contributed by atoms with van der Waals surface area (Å²) in [6.45, 7) is 7.70. The lowest BCUT2D eigenvalue weighted by atomic mass is 9.80. The van der Waals surface area contributed by atoms with Crippen LogP contribution in [0.5, 0.6) is 0 Å². The zero-order chi connectivity index (χ0) is 19.3. The van der Waals surface area contributed by atoms with Gasteiger partial charge < -0.3 is 5.32 Å². The molecule has 1 aromatic rings. The molecule has 2 N–H and O–H groups in total. The van der Waals surface area contributed by atoms with E-state index in [4.69, 9.17) is 0 Å². The molecule has 142 valence electrons. The monoisotopic (exact) mass is 382 g/mol. The molecule has 0 aromatic heterocycles. The van der Waals surface area contributed by atoms with Crippen LogP contribution in [0.4, 0.5) is 17.6 Å². The van der Waals surface area contributed by atoms with E-state index in [-0.39, 0.29) is 11.1 Å². The largest absolute Gasteiger partial charge is 0.419 e. The number of alkyl halides is 3. The van der Waals surface area contributed by atoms with Crippen LogP contribution in [-0.4, -0.2) is 25.5 Å². The first-order chi connectivity index (χ1) is 11.1. The fourth-order valence-corrected chi connectivity index (χ4v) is 4.84. The van der Waals surface area contributed by atoms with E-state index in [1.54, 1.807) is 0 Å². The number of rotatable bonds is 3. The van der Waals surface area contributed by atoms with Crippen molar-refractivity contribution in [1.82, 2.24) is 10.0 Å². The van der Waals surface area contributed by atoms with Crippen molar-refractivity contribution < 1.29 is 26.0 Å². The van der Waals surface area contributed by atoms with Gasteiger partial charge in [0.1, 0.15) is 5.82 Å². The molecule has 1 fully saturated rings. The average molecular weight is 382 g/mol. The van der Waals surface area contributed by atoms with E-state index in [2.05, 4.69) is 10.0 Å². The standard InChI is InChI=1S/C16H22F4N2O2S/c1-14(2)8-10(9-15(3,4)22-14)21-25(23,24)11-5-6-13(17)12(7-11)16(18,19)20/h5-7,10,21-22H,8-9H2,1-4H3. The molecular weight excluding hydrogens is 360 g/mol. The summed E-state index contributed by atoms with van der Waals surface area (Å²) in [5.41, 5.74) is -2.27. The van der Waals surface area contributed by atoms with Crippen molar-refractivity contribution in [3.63, 3.8) is 0 Å². The first kappa shape index (κ1) is 20.1. The van der Waals surface area contributed by atoms with Gasteiger partial charge in [-0.2, -0.15) is 13.2 Å². The fraction of sp³-hybridized carbons (Fsp3) is 0.625. The molecule has 0 atom stereocenters. The summed E-state index contributed by atoms with van der Waals surface area (Å²) < 4.78 is 79.3. The zero-order valence-corrected chi connectivity index (χ0v) is 15.3. The molecule has 1 heterocycles. The molecule has 0 unspecified atom stereocenters. The summed E-state index contributed by atoms with van der Waals surface area (Å²) in [5, 5.41) is 3.39. The van der Waals surface area contributed by atoms with Crippen LogP contribution < -0.4 is 10.0 Å².